The van der Waals surface area contributed by atoms with Gasteiger partial charge in [-0.2, -0.15) is 0 Å². The molecule has 0 spiro atoms. The zero-order valence-electron chi connectivity index (χ0n) is 10.5. The summed E-state index contributed by atoms with van der Waals surface area (Å²) in [6.07, 6.45) is 3.30. The molecule has 0 saturated heterocycles. The van der Waals surface area contributed by atoms with Crippen LogP contribution in [-0.2, 0) is 6.54 Å². The maximum atomic E-state index is 8.98. The molecule has 0 aromatic heterocycles. The van der Waals surface area contributed by atoms with Crippen molar-refractivity contribution in [2.24, 2.45) is 5.92 Å². The molecule has 1 aromatic carbocycles. The van der Waals surface area contributed by atoms with Crippen LogP contribution in [0, 0.1) is 9.49 Å². The highest BCUT2D eigenvalue weighted by Crippen LogP contribution is 2.10. The predicted molar refractivity (Wildman–Crippen MR) is 81.0 cm³/mol. The first-order valence-electron chi connectivity index (χ1n) is 6.32. The fraction of sp³-hybridized carbons (Fsp3) is 0.571. The van der Waals surface area contributed by atoms with E-state index in [0.717, 1.165) is 19.5 Å². The quantitative estimate of drug-likeness (QED) is 0.708. The van der Waals surface area contributed by atoms with Gasteiger partial charge in [0.1, 0.15) is 0 Å². The minimum absolute atomic E-state index is 0.301. The van der Waals surface area contributed by atoms with E-state index in [4.69, 9.17) is 5.11 Å². The molecule has 3 heteroatoms. The van der Waals surface area contributed by atoms with Crippen molar-refractivity contribution in [3.8, 4) is 0 Å². The SMILES string of the molecule is CCCC(CCO)CNCc1ccc(I)cc1. The van der Waals surface area contributed by atoms with E-state index in [1.165, 1.54) is 22.0 Å². The molecule has 1 atom stereocenters. The summed E-state index contributed by atoms with van der Waals surface area (Å²) in [6.45, 7) is 4.42. The summed E-state index contributed by atoms with van der Waals surface area (Å²) in [5.41, 5.74) is 1.32. The van der Waals surface area contributed by atoms with Crippen LogP contribution in [0.2, 0.25) is 0 Å². The van der Waals surface area contributed by atoms with Gasteiger partial charge >= 0.3 is 0 Å². The van der Waals surface area contributed by atoms with Crippen LogP contribution >= 0.6 is 22.6 Å². The third-order valence-corrected chi connectivity index (χ3v) is 3.63. The number of benzene rings is 1. The van der Waals surface area contributed by atoms with Crippen molar-refractivity contribution in [2.75, 3.05) is 13.2 Å². The molecule has 1 aromatic rings. The van der Waals surface area contributed by atoms with Crippen LogP contribution in [0.25, 0.3) is 0 Å². The van der Waals surface area contributed by atoms with Gasteiger partial charge in [-0.05, 0) is 65.6 Å². The van der Waals surface area contributed by atoms with Crippen molar-refractivity contribution in [3.05, 3.63) is 33.4 Å². The Bertz CT molecular complexity index is 294. The number of halogens is 1. The number of nitrogens with one attached hydrogen (secondary N) is 1. The second-order valence-electron chi connectivity index (χ2n) is 4.42. The lowest BCUT2D eigenvalue weighted by Gasteiger charge is -2.15. The molecule has 0 amide bonds. The molecular formula is C14H22INO. The van der Waals surface area contributed by atoms with Crippen LogP contribution in [0.4, 0.5) is 0 Å². The number of hydrogen-bond donors (Lipinski definition) is 2. The molecule has 2 nitrogen and oxygen atoms in total. The third kappa shape index (κ3) is 6.38. The van der Waals surface area contributed by atoms with Gasteiger partial charge in [0.05, 0.1) is 0 Å². The van der Waals surface area contributed by atoms with Gasteiger partial charge in [0.15, 0.2) is 0 Å². The molecule has 0 fully saturated rings. The van der Waals surface area contributed by atoms with Crippen molar-refractivity contribution in [1.29, 1.82) is 0 Å². The molecule has 0 heterocycles. The van der Waals surface area contributed by atoms with Crippen LogP contribution in [0.15, 0.2) is 24.3 Å². The molecule has 0 aliphatic rings. The van der Waals surface area contributed by atoms with Gasteiger partial charge in [0.2, 0.25) is 0 Å². The van der Waals surface area contributed by atoms with E-state index in [1.807, 2.05) is 0 Å². The number of hydrogen-bond acceptors (Lipinski definition) is 2. The summed E-state index contributed by atoms with van der Waals surface area (Å²) < 4.78 is 1.27. The summed E-state index contributed by atoms with van der Waals surface area (Å²) >= 11 is 2.32. The highest BCUT2D eigenvalue weighted by molar-refractivity contribution is 14.1. The lowest BCUT2D eigenvalue weighted by atomic mass is 10.0. The van der Waals surface area contributed by atoms with Crippen LogP contribution in [-0.4, -0.2) is 18.3 Å². The Labute approximate surface area is 118 Å². The summed E-state index contributed by atoms with van der Waals surface area (Å²) in [7, 11) is 0. The molecule has 0 aliphatic heterocycles. The number of aliphatic hydroxyl groups excluding tert-OH is 1. The van der Waals surface area contributed by atoms with Crippen LogP contribution in [0.3, 0.4) is 0 Å². The predicted octanol–water partition coefficient (Wildman–Crippen LogP) is 3.18. The van der Waals surface area contributed by atoms with Crippen molar-refractivity contribution in [2.45, 2.75) is 32.7 Å². The zero-order valence-corrected chi connectivity index (χ0v) is 12.6. The Hall–Kier alpha value is -0.130. The van der Waals surface area contributed by atoms with Gasteiger partial charge in [-0.15, -0.1) is 0 Å². The molecule has 1 rings (SSSR count). The van der Waals surface area contributed by atoms with Gasteiger partial charge in [0, 0.05) is 16.7 Å². The van der Waals surface area contributed by atoms with E-state index in [0.29, 0.717) is 12.5 Å². The highest BCUT2D eigenvalue weighted by Gasteiger charge is 2.06. The van der Waals surface area contributed by atoms with Crippen LogP contribution < -0.4 is 5.32 Å². The van der Waals surface area contributed by atoms with Gasteiger partial charge in [-0.25, -0.2) is 0 Å². The van der Waals surface area contributed by atoms with Gasteiger partial charge < -0.3 is 10.4 Å². The highest BCUT2D eigenvalue weighted by atomic mass is 127. The maximum absolute atomic E-state index is 8.98. The monoisotopic (exact) mass is 347 g/mol. The van der Waals surface area contributed by atoms with E-state index in [9.17, 15) is 0 Å². The van der Waals surface area contributed by atoms with E-state index in [-0.39, 0.29) is 0 Å². The van der Waals surface area contributed by atoms with Crippen molar-refractivity contribution >= 4 is 22.6 Å². The second kappa shape index (κ2) is 8.89. The van der Waals surface area contributed by atoms with Crippen molar-refractivity contribution in [1.82, 2.24) is 5.32 Å². The van der Waals surface area contributed by atoms with E-state index >= 15 is 0 Å². The summed E-state index contributed by atoms with van der Waals surface area (Å²) in [5.74, 6) is 0.605. The molecule has 96 valence electrons. The first kappa shape index (κ1) is 14.9. The first-order chi connectivity index (χ1) is 8.26. The minimum Gasteiger partial charge on any atom is -0.396 e. The summed E-state index contributed by atoms with van der Waals surface area (Å²) in [5, 5.41) is 12.5. The van der Waals surface area contributed by atoms with Crippen LogP contribution in [0.5, 0.6) is 0 Å². The maximum Gasteiger partial charge on any atom is 0.0434 e. The fourth-order valence-corrected chi connectivity index (χ4v) is 2.32. The Morgan fingerprint density at radius 3 is 2.53 bits per heavy atom. The summed E-state index contributed by atoms with van der Waals surface area (Å²) in [6, 6.07) is 8.59. The van der Waals surface area contributed by atoms with Crippen molar-refractivity contribution in [3.63, 3.8) is 0 Å². The Morgan fingerprint density at radius 1 is 1.24 bits per heavy atom. The van der Waals surface area contributed by atoms with Crippen molar-refractivity contribution < 1.29 is 5.11 Å². The molecule has 0 saturated carbocycles. The summed E-state index contributed by atoms with van der Waals surface area (Å²) in [4.78, 5) is 0. The zero-order chi connectivity index (χ0) is 12.5. The second-order valence-corrected chi connectivity index (χ2v) is 5.67. The largest absolute Gasteiger partial charge is 0.396 e. The smallest absolute Gasteiger partial charge is 0.0434 e. The normalized spacial score (nSPS) is 12.6. The lowest BCUT2D eigenvalue weighted by Crippen LogP contribution is -2.23. The Balaban J connectivity index is 2.27. The molecule has 0 radical (unpaired) electrons. The number of rotatable bonds is 8. The molecule has 0 bridgehead atoms. The lowest BCUT2D eigenvalue weighted by molar-refractivity contribution is 0.248. The van der Waals surface area contributed by atoms with Crippen LogP contribution in [0.1, 0.15) is 31.7 Å². The average molecular weight is 347 g/mol. The Kier molecular flexibility index (Phi) is 7.81. The van der Waals surface area contributed by atoms with Gasteiger partial charge in [0.25, 0.3) is 0 Å². The molecule has 1 unspecified atom stereocenters. The molecule has 0 aliphatic carbocycles. The molecule has 17 heavy (non-hydrogen) atoms. The number of aliphatic hydroxyl groups is 1. The third-order valence-electron chi connectivity index (χ3n) is 2.91. The standard InChI is InChI=1S/C14H22INO/c1-2-3-12(8-9-17)10-16-11-13-4-6-14(15)7-5-13/h4-7,12,16-17H,2-3,8-11H2,1H3. The average Bonchev–Trinajstić information content (AvgIpc) is 2.32. The van der Waals surface area contributed by atoms with E-state index < -0.39 is 0 Å². The van der Waals surface area contributed by atoms with E-state index in [1.54, 1.807) is 0 Å². The fourth-order valence-electron chi connectivity index (χ4n) is 1.96. The topological polar surface area (TPSA) is 32.3 Å². The van der Waals surface area contributed by atoms with E-state index in [2.05, 4.69) is 59.1 Å². The van der Waals surface area contributed by atoms with Gasteiger partial charge in [-0.1, -0.05) is 25.5 Å². The minimum atomic E-state index is 0.301. The van der Waals surface area contributed by atoms with Gasteiger partial charge in [-0.3, -0.25) is 0 Å². The first-order valence-corrected chi connectivity index (χ1v) is 7.40. The molecular weight excluding hydrogens is 325 g/mol. The Morgan fingerprint density at radius 2 is 1.94 bits per heavy atom. The molecule has 2 N–H and O–H groups in total.